The number of fused-ring (bicyclic) bond motifs is 1. The molecule has 1 aliphatic heterocycles. The molecule has 2 aromatic heterocycles. The van der Waals surface area contributed by atoms with Gasteiger partial charge < -0.3 is 40.7 Å². The smallest absolute Gasteiger partial charge is 0.316 e. The third-order valence-electron chi connectivity index (χ3n) is 5.42. The van der Waals surface area contributed by atoms with Crippen molar-refractivity contribution in [3.63, 3.8) is 0 Å². The first-order chi connectivity index (χ1) is 15.5. The molecule has 1 aliphatic rings. The number of aliphatic hydroxyl groups is 1. The summed E-state index contributed by atoms with van der Waals surface area (Å²) < 4.78 is 20.2. The zero-order chi connectivity index (χ0) is 23.8. The van der Waals surface area contributed by atoms with Crippen LogP contribution in [-0.4, -0.2) is 49.8 Å². The van der Waals surface area contributed by atoms with E-state index in [1.54, 1.807) is 38.1 Å². The van der Waals surface area contributed by atoms with Crippen molar-refractivity contribution in [3.8, 4) is 5.75 Å². The summed E-state index contributed by atoms with van der Waals surface area (Å²) >= 11 is 0. The highest BCUT2D eigenvalue weighted by molar-refractivity contribution is 5.88. The first kappa shape index (κ1) is 22.8. The van der Waals surface area contributed by atoms with E-state index in [2.05, 4.69) is 15.3 Å². The zero-order valence-corrected chi connectivity index (χ0v) is 18.7. The number of carbonyl (C=O) groups excluding carboxylic acids is 1. The normalized spacial score (nSPS) is 23.0. The number of hydrogen-bond donors (Lipinski definition) is 4. The molecule has 6 N–H and O–H groups in total. The maximum atomic E-state index is 11.1. The maximum absolute atomic E-state index is 11.1. The van der Waals surface area contributed by atoms with Gasteiger partial charge in [-0.25, -0.2) is 14.8 Å². The third kappa shape index (κ3) is 5.00. The van der Waals surface area contributed by atoms with Crippen LogP contribution in [0.1, 0.15) is 33.4 Å². The number of carbonyl (C=O) groups is 1. The number of ether oxygens (including phenoxy) is 3. The molecular formula is C22H28N6O5. The van der Waals surface area contributed by atoms with Crippen molar-refractivity contribution in [1.82, 2.24) is 14.5 Å². The number of amides is 2. The van der Waals surface area contributed by atoms with E-state index in [9.17, 15) is 9.90 Å². The van der Waals surface area contributed by atoms with E-state index < -0.39 is 29.8 Å². The van der Waals surface area contributed by atoms with Gasteiger partial charge in [0.15, 0.2) is 5.79 Å². The lowest BCUT2D eigenvalue weighted by Gasteiger charge is -2.35. The van der Waals surface area contributed by atoms with Crippen LogP contribution in [0.4, 0.5) is 16.3 Å². The predicted molar refractivity (Wildman–Crippen MR) is 121 cm³/mol. The molecule has 3 atom stereocenters. The van der Waals surface area contributed by atoms with Crippen LogP contribution in [0.5, 0.6) is 5.75 Å². The lowest BCUT2D eigenvalue weighted by molar-refractivity contribution is -0.253. The van der Waals surface area contributed by atoms with Crippen LogP contribution in [0.15, 0.2) is 42.9 Å². The number of nitrogens with two attached hydrogens (primary N) is 2. The SMILES string of the molecule is CC(C)(O)OC1(C)CC(n2ccc3c(N)ncnc32)OC1COc1cccc(NC(N)=O)c1. The van der Waals surface area contributed by atoms with Gasteiger partial charge in [0.2, 0.25) is 0 Å². The summed E-state index contributed by atoms with van der Waals surface area (Å²) in [6.45, 7) is 5.15. The van der Waals surface area contributed by atoms with Gasteiger partial charge in [0.25, 0.3) is 0 Å². The van der Waals surface area contributed by atoms with E-state index >= 15 is 0 Å². The van der Waals surface area contributed by atoms with Crippen LogP contribution in [0, 0.1) is 0 Å². The highest BCUT2D eigenvalue weighted by atomic mass is 16.7. The Morgan fingerprint density at radius 3 is 2.91 bits per heavy atom. The molecule has 3 unspecified atom stereocenters. The minimum Gasteiger partial charge on any atom is -0.491 e. The molecule has 0 aliphatic carbocycles. The second-order valence-electron chi connectivity index (χ2n) is 8.69. The summed E-state index contributed by atoms with van der Waals surface area (Å²) in [6.07, 6.45) is 2.72. The predicted octanol–water partition coefficient (Wildman–Crippen LogP) is 2.37. The summed E-state index contributed by atoms with van der Waals surface area (Å²) in [5.74, 6) is -0.482. The summed E-state index contributed by atoms with van der Waals surface area (Å²) in [6, 6.07) is 8.02. The molecule has 0 saturated carbocycles. The van der Waals surface area contributed by atoms with E-state index in [1.807, 2.05) is 23.8 Å². The average Bonchev–Trinajstić information content (AvgIpc) is 3.26. The molecule has 1 fully saturated rings. The van der Waals surface area contributed by atoms with Crippen LogP contribution in [-0.2, 0) is 9.47 Å². The number of hydrogen-bond acceptors (Lipinski definition) is 8. The number of anilines is 2. The monoisotopic (exact) mass is 456 g/mol. The Morgan fingerprint density at radius 2 is 2.18 bits per heavy atom. The Hall–Kier alpha value is -3.41. The van der Waals surface area contributed by atoms with Gasteiger partial charge in [-0.15, -0.1) is 0 Å². The van der Waals surface area contributed by atoms with Gasteiger partial charge in [0, 0.05) is 24.4 Å². The zero-order valence-electron chi connectivity index (χ0n) is 18.7. The first-order valence-corrected chi connectivity index (χ1v) is 10.5. The Labute approximate surface area is 190 Å². The van der Waals surface area contributed by atoms with Gasteiger partial charge in [-0.3, -0.25) is 0 Å². The van der Waals surface area contributed by atoms with Crippen LogP contribution < -0.4 is 21.5 Å². The highest BCUT2D eigenvalue weighted by Crippen LogP contribution is 2.42. The minimum absolute atomic E-state index is 0.138. The van der Waals surface area contributed by atoms with E-state index in [-0.39, 0.29) is 6.61 Å². The van der Waals surface area contributed by atoms with Gasteiger partial charge in [-0.1, -0.05) is 6.07 Å². The van der Waals surface area contributed by atoms with Crippen molar-refractivity contribution in [2.45, 2.75) is 50.9 Å². The molecule has 3 aromatic rings. The van der Waals surface area contributed by atoms with E-state index in [1.165, 1.54) is 6.33 Å². The van der Waals surface area contributed by atoms with Crippen LogP contribution >= 0.6 is 0 Å². The molecule has 4 rings (SSSR count). The number of rotatable bonds is 7. The molecule has 33 heavy (non-hydrogen) atoms. The number of nitrogens with one attached hydrogen (secondary N) is 1. The van der Waals surface area contributed by atoms with Gasteiger partial charge in [0.05, 0.1) is 5.39 Å². The standard InChI is InChI=1S/C22H28N6O5/c1-21(2,30)33-22(3)10-17(28-8-7-15-18(23)25-12-26-19(15)28)32-16(22)11-31-14-6-4-5-13(9-14)27-20(24)29/h4-9,12,16-17,30H,10-11H2,1-3H3,(H2,23,25,26)(H3,24,27,29). The molecule has 2 amide bonds. The Balaban J connectivity index is 1.57. The summed E-state index contributed by atoms with van der Waals surface area (Å²) in [5, 5.41) is 13.6. The first-order valence-electron chi connectivity index (χ1n) is 10.5. The number of aromatic nitrogens is 3. The lowest BCUT2D eigenvalue weighted by Crippen LogP contribution is -2.47. The van der Waals surface area contributed by atoms with E-state index in [0.717, 1.165) is 5.39 Å². The second kappa shape index (κ2) is 8.50. The molecule has 1 aromatic carbocycles. The van der Waals surface area contributed by atoms with Crippen LogP contribution in [0.2, 0.25) is 0 Å². The van der Waals surface area contributed by atoms with E-state index in [0.29, 0.717) is 29.3 Å². The fourth-order valence-electron chi connectivity index (χ4n) is 4.12. The Kier molecular flexibility index (Phi) is 5.87. The molecule has 3 heterocycles. The fraction of sp³-hybridized carbons (Fsp3) is 0.409. The molecule has 0 bridgehead atoms. The third-order valence-corrected chi connectivity index (χ3v) is 5.42. The maximum Gasteiger partial charge on any atom is 0.316 e. The molecule has 0 radical (unpaired) electrons. The van der Waals surface area contributed by atoms with Gasteiger partial charge in [-0.2, -0.15) is 0 Å². The van der Waals surface area contributed by atoms with Crippen molar-refractivity contribution in [2.75, 3.05) is 17.7 Å². The van der Waals surface area contributed by atoms with Crippen LogP contribution in [0.25, 0.3) is 11.0 Å². The van der Waals surface area contributed by atoms with Gasteiger partial charge in [0.1, 0.15) is 48.1 Å². The molecular weight excluding hydrogens is 428 g/mol. The fourth-order valence-corrected chi connectivity index (χ4v) is 4.12. The topological polar surface area (TPSA) is 160 Å². The number of nitrogen functional groups attached to an aromatic ring is 1. The number of primary amides is 1. The summed E-state index contributed by atoms with van der Waals surface area (Å²) in [4.78, 5) is 19.5. The van der Waals surface area contributed by atoms with Crippen molar-refractivity contribution >= 4 is 28.6 Å². The Morgan fingerprint density at radius 1 is 1.39 bits per heavy atom. The average molecular weight is 457 g/mol. The summed E-state index contributed by atoms with van der Waals surface area (Å²) in [7, 11) is 0. The Bertz CT molecular complexity index is 1160. The van der Waals surface area contributed by atoms with Crippen molar-refractivity contribution in [1.29, 1.82) is 0 Å². The largest absolute Gasteiger partial charge is 0.491 e. The lowest BCUT2D eigenvalue weighted by atomic mass is 9.96. The highest BCUT2D eigenvalue weighted by Gasteiger charge is 2.50. The summed E-state index contributed by atoms with van der Waals surface area (Å²) in [5.41, 5.74) is 11.4. The minimum atomic E-state index is -1.39. The van der Waals surface area contributed by atoms with Crippen molar-refractivity contribution in [3.05, 3.63) is 42.9 Å². The van der Waals surface area contributed by atoms with Gasteiger partial charge >= 0.3 is 6.03 Å². The molecule has 0 spiro atoms. The number of benzene rings is 1. The second-order valence-corrected chi connectivity index (χ2v) is 8.69. The molecule has 1 saturated heterocycles. The van der Waals surface area contributed by atoms with Crippen molar-refractivity contribution in [2.24, 2.45) is 5.73 Å². The molecule has 11 nitrogen and oxygen atoms in total. The van der Waals surface area contributed by atoms with Gasteiger partial charge in [-0.05, 0) is 39.0 Å². The van der Waals surface area contributed by atoms with Crippen molar-refractivity contribution < 1.29 is 24.1 Å². The number of urea groups is 1. The number of nitrogens with zero attached hydrogens (tertiary/aromatic N) is 3. The quantitative estimate of drug-likeness (QED) is 0.394. The van der Waals surface area contributed by atoms with E-state index in [4.69, 9.17) is 25.7 Å². The molecule has 11 heteroatoms. The molecule has 176 valence electrons. The van der Waals surface area contributed by atoms with Crippen LogP contribution in [0.3, 0.4) is 0 Å².